The second-order valence-electron chi connectivity index (χ2n) is 7.50. The maximum atomic E-state index is 12.2. The summed E-state index contributed by atoms with van der Waals surface area (Å²) in [7, 11) is 0.313. The second-order valence-corrected chi connectivity index (χ2v) is 10.2. The van der Waals surface area contributed by atoms with E-state index < -0.39 is 14.6 Å². The highest BCUT2D eigenvalue weighted by Crippen LogP contribution is 2.28. The average molecular weight is 539 g/mol. The molecular weight excluding hydrogens is 505 g/mol. The van der Waals surface area contributed by atoms with Crippen LogP contribution in [0.15, 0.2) is 23.2 Å². The summed E-state index contributed by atoms with van der Waals surface area (Å²) in [5.41, 5.74) is 1.19. The Kier molecular flexibility index (Phi) is 10.0. The minimum atomic E-state index is -3.06. The lowest BCUT2D eigenvalue weighted by Gasteiger charge is -2.39. The zero-order valence-electron chi connectivity index (χ0n) is 18.0. The van der Waals surface area contributed by atoms with Crippen molar-refractivity contribution >= 4 is 39.8 Å². The van der Waals surface area contributed by atoms with Crippen molar-refractivity contribution in [2.45, 2.75) is 38.4 Å². The van der Waals surface area contributed by atoms with Crippen molar-refractivity contribution in [2.24, 2.45) is 4.99 Å². The van der Waals surface area contributed by atoms with Crippen LogP contribution in [0.4, 0.5) is 0 Å². The zero-order valence-corrected chi connectivity index (χ0v) is 21.2. The van der Waals surface area contributed by atoms with E-state index in [9.17, 15) is 8.42 Å². The first-order valence-electron chi connectivity index (χ1n) is 9.71. The number of methoxy groups -OCH3 is 1. The third-order valence-electron chi connectivity index (χ3n) is 5.01. The number of aliphatic imine (C=N–C) groups is 1. The van der Waals surface area contributed by atoms with Crippen molar-refractivity contribution in [3.8, 4) is 11.5 Å². The summed E-state index contributed by atoms with van der Waals surface area (Å²) in [5, 5.41) is 3.36. The van der Waals surface area contributed by atoms with Crippen LogP contribution in [-0.2, 0) is 16.3 Å². The van der Waals surface area contributed by atoms with E-state index in [-0.39, 0.29) is 29.7 Å². The molecule has 1 heterocycles. The summed E-state index contributed by atoms with van der Waals surface area (Å²) in [6.45, 7) is 7.79. The highest BCUT2D eigenvalue weighted by Gasteiger charge is 2.40. The van der Waals surface area contributed by atoms with Crippen LogP contribution in [-0.4, -0.2) is 70.2 Å². The number of sulfone groups is 1. The van der Waals surface area contributed by atoms with Crippen LogP contribution in [0.5, 0.6) is 11.5 Å². The van der Waals surface area contributed by atoms with Crippen LogP contribution in [0.2, 0.25) is 0 Å². The molecule has 0 aliphatic carbocycles. The molecule has 0 saturated carbocycles. The van der Waals surface area contributed by atoms with Crippen LogP contribution in [0.3, 0.4) is 0 Å². The lowest BCUT2D eigenvalue weighted by atomic mass is 10.1. The Morgan fingerprint density at radius 2 is 2.03 bits per heavy atom. The number of nitrogens with one attached hydrogen (secondary N) is 1. The van der Waals surface area contributed by atoms with Crippen LogP contribution >= 0.6 is 24.0 Å². The minimum absolute atomic E-state index is 0. The molecule has 1 aromatic rings. The number of hydrogen-bond acceptors (Lipinski definition) is 5. The van der Waals surface area contributed by atoms with Gasteiger partial charge >= 0.3 is 0 Å². The molecule has 1 fully saturated rings. The molecule has 1 saturated heterocycles. The minimum Gasteiger partial charge on any atom is -0.493 e. The van der Waals surface area contributed by atoms with Crippen molar-refractivity contribution in [2.75, 3.05) is 46.2 Å². The number of ether oxygens (including phenoxy) is 2. The normalized spacial score (nSPS) is 18.0. The van der Waals surface area contributed by atoms with Gasteiger partial charge in [0.15, 0.2) is 27.3 Å². The van der Waals surface area contributed by atoms with Crippen LogP contribution in [0, 0.1) is 0 Å². The predicted octanol–water partition coefficient (Wildman–Crippen LogP) is 2.73. The van der Waals surface area contributed by atoms with Gasteiger partial charge in [-0.3, -0.25) is 4.99 Å². The van der Waals surface area contributed by atoms with Gasteiger partial charge in [0.05, 0.1) is 24.2 Å². The summed E-state index contributed by atoms with van der Waals surface area (Å²) < 4.78 is 34.6. The Balaban J connectivity index is 0.00000420. The second kappa shape index (κ2) is 11.2. The van der Waals surface area contributed by atoms with Gasteiger partial charge in [0.25, 0.3) is 0 Å². The molecule has 0 radical (unpaired) electrons. The van der Waals surface area contributed by atoms with Crippen molar-refractivity contribution in [3.05, 3.63) is 23.8 Å². The summed E-state index contributed by atoms with van der Waals surface area (Å²) >= 11 is 0. The summed E-state index contributed by atoms with van der Waals surface area (Å²) in [4.78, 5) is 6.36. The molecule has 2 rings (SSSR count). The van der Waals surface area contributed by atoms with E-state index in [0.717, 1.165) is 36.8 Å². The largest absolute Gasteiger partial charge is 0.493 e. The summed E-state index contributed by atoms with van der Waals surface area (Å²) in [6.07, 6.45) is 1.82. The maximum Gasteiger partial charge on any atom is 0.193 e. The molecule has 166 valence electrons. The van der Waals surface area contributed by atoms with E-state index in [4.69, 9.17) is 9.47 Å². The SMILES string of the molecule is CCOc1cc(CCCNC(=NC)N2CCS(=O)(=O)C(C)(C)C2)ccc1OC.I. The number of hydrogen-bond donors (Lipinski definition) is 1. The van der Waals surface area contributed by atoms with Gasteiger partial charge in [-0.2, -0.15) is 0 Å². The smallest absolute Gasteiger partial charge is 0.193 e. The molecule has 0 unspecified atom stereocenters. The molecule has 0 aromatic heterocycles. The summed E-state index contributed by atoms with van der Waals surface area (Å²) in [6, 6.07) is 6.01. The average Bonchev–Trinajstić information content (AvgIpc) is 2.65. The molecule has 1 aromatic carbocycles. The first kappa shape index (κ1) is 25.8. The van der Waals surface area contributed by atoms with Gasteiger partial charge in [-0.05, 0) is 51.3 Å². The molecule has 1 aliphatic rings. The van der Waals surface area contributed by atoms with Crippen molar-refractivity contribution < 1.29 is 17.9 Å². The number of guanidine groups is 1. The number of nitrogens with zero attached hydrogens (tertiary/aromatic N) is 2. The number of aryl methyl sites for hydroxylation is 1. The van der Waals surface area contributed by atoms with Gasteiger partial charge in [-0.25, -0.2) is 8.42 Å². The van der Waals surface area contributed by atoms with E-state index in [2.05, 4.69) is 10.3 Å². The van der Waals surface area contributed by atoms with Gasteiger partial charge in [0.1, 0.15) is 0 Å². The summed E-state index contributed by atoms with van der Waals surface area (Å²) in [5.74, 6) is 2.43. The Labute approximate surface area is 192 Å². The van der Waals surface area contributed by atoms with Gasteiger partial charge in [0.2, 0.25) is 0 Å². The Bertz CT molecular complexity index is 797. The number of benzene rings is 1. The molecule has 29 heavy (non-hydrogen) atoms. The van der Waals surface area contributed by atoms with E-state index in [0.29, 0.717) is 19.7 Å². The molecule has 7 nitrogen and oxygen atoms in total. The lowest BCUT2D eigenvalue weighted by Crippen LogP contribution is -2.57. The van der Waals surface area contributed by atoms with Crippen molar-refractivity contribution in [3.63, 3.8) is 0 Å². The monoisotopic (exact) mass is 539 g/mol. The molecule has 0 amide bonds. The van der Waals surface area contributed by atoms with Gasteiger partial charge in [0, 0.05) is 26.7 Å². The lowest BCUT2D eigenvalue weighted by molar-refractivity contribution is 0.310. The fourth-order valence-electron chi connectivity index (χ4n) is 3.29. The zero-order chi connectivity index (χ0) is 20.8. The van der Waals surface area contributed by atoms with Crippen LogP contribution in [0.1, 0.15) is 32.8 Å². The van der Waals surface area contributed by atoms with Crippen molar-refractivity contribution in [1.82, 2.24) is 10.2 Å². The van der Waals surface area contributed by atoms with E-state index in [1.165, 1.54) is 5.56 Å². The Morgan fingerprint density at radius 3 is 2.62 bits per heavy atom. The quantitative estimate of drug-likeness (QED) is 0.249. The number of halogens is 1. The molecule has 9 heteroatoms. The highest BCUT2D eigenvalue weighted by molar-refractivity contribution is 14.0. The molecule has 0 spiro atoms. The first-order chi connectivity index (χ1) is 13.2. The molecule has 1 aliphatic heterocycles. The predicted molar refractivity (Wildman–Crippen MR) is 129 cm³/mol. The van der Waals surface area contributed by atoms with Gasteiger partial charge < -0.3 is 19.7 Å². The van der Waals surface area contributed by atoms with Crippen molar-refractivity contribution in [1.29, 1.82) is 0 Å². The fourth-order valence-corrected chi connectivity index (χ4v) is 4.66. The maximum absolute atomic E-state index is 12.2. The van der Waals surface area contributed by atoms with E-state index in [1.54, 1.807) is 28.0 Å². The Hall–Kier alpha value is -1.23. The molecule has 1 N–H and O–H groups in total. The fraction of sp³-hybridized carbons (Fsp3) is 0.650. The highest BCUT2D eigenvalue weighted by atomic mass is 127. The third kappa shape index (κ3) is 6.63. The van der Waals surface area contributed by atoms with Crippen LogP contribution < -0.4 is 14.8 Å². The molecular formula is C20H34IN3O4S. The standard InChI is InChI=1S/C20H33N3O4S.HI/c1-6-27-18-14-16(9-10-17(18)26-5)8-7-11-22-19(21-4)23-12-13-28(24,25)20(2,3)15-23;/h9-10,14H,6-8,11-13,15H2,1-5H3,(H,21,22);1H. The van der Waals surface area contributed by atoms with E-state index >= 15 is 0 Å². The van der Waals surface area contributed by atoms with Crippen LogP contribution in [0.25, 0.3) is 0 Å². The first-order valence-corrected chi connectivity index (χ1v) is 11.4. The van der Waals surface area contributed by atoms with Gasteiger partial charge in [-0.15, -0.1) is 24.0 Å². The topological polar surface area (TPSA) is 80.2 Å². The number of rotatable bonds is 7. The van der Waals surface area contributed by atoms with Gasteiger partial charge in [-0.1, -0.05) is 6.07 Å². The Morgan fingerprint density at radius 1 is 1.31 bits per heavy atom. The van der Waals surface area contributed by atoms with E-state index in [1.807, 2.05) is 30.0 Å². The molecule has 0 bridgehead atoms. The third-order valence-corrected chi connectivity index (χ3v) is 7.54. The molecule has 0 atom stereocenters.